The van der Waals surface area contributed by atoms with Gasteiger partial charge in [-0.05, 0) is 13.8 Å². The number of carbonyl (C=O) groups is 1. The second kappa shape index (κ2) is 4.07. The molecular formula is C9H18N2O2. The highest BCUT2D eigenvalue weighted by molar-refractivity contribution is 5.80. The third kappa shape index (κ3) is 2.97. The van der Waals surface area contributed by atoms with Gasteiger partial charge in [0.15, 0.2) is 0 Å². The molecule has 0 aromatic carbocycles. The maximum absolute atomic E-state index is 11.5. The minimum absolute atomic E-state index is 0.126. The summed E-state index contributed by atoms with van der Waals surface area (Å²) in [5.74, 6) is 0.275. The Morgan fingerprint density at radius 2 is 2.23 bits per heavy atom. The first-order chi connectivity index (χ1) is 6.05. The van der Waals surface area contributed by atoms with Crippen molar-refractivity contribution in [3.63, 3.8) is 0 Å². The van der Waals surface area contributed by atoms with Gasteiger partial charge >= 0.3 is 0 Å². The van der Waals surface area contributed by atoms with E-state index >= 15 is 0 Å². The van der Waals surface area contributed by atoms with Gasteiger partial charge in [-0.1, -0.05) is 0 Å². The molecule has 1 aliphatic rings. The number of carbonyl (C=O) groups excluding carboxylic acids is 1. The number of nitrogens with one attached hydrogen (secondary N) is 2. The molecule has 0 aromatic heterocycles. The van der Waals surface area contributed by atoms with Gasteiger partial charge < -0.3 is 15.4 Å². The number of hydrogen-bond donors (Lipinski definition) is 2. The molecule has 1 aliphatic heterocycles. The van der Waals surface area contributed by atoms with Crippen LogP contribution in [-0.4, -0.2) is 38.3 Å². The Labute approximate surface area is 79.0 Å². The lowest BCUT2D eigenvalue weighted by Crippen LogP contribution is -2.56. The molecule has 1 saturated heterocycles. The van der Waals surface area contributed by atoms with Crippen LogP contribution in [0.15, 0.2) is 0 Å². The second-order valence-corrected chi connectivity index (χ2v) is 4.16. The molecule has 13 heavy (non-hydrogen) atoms. The lowest BCUT2D eigenvalue weighted by molar-refractivity contribution is -0.128. The maximum Gasteiger partial charge on any atom is 0.226 e. The summed E-state index contributed by atoms with van der Waals surface area (Å²) in [5.41, 5.74) is -0.262. The highest BCUT2D eigenvalue weighted by Crippen LogP contribution is 2.07. The van der Waals surface area contributed by atoms with Gasteiger partial charge in [0, 0.05) is 20.2 Å². The van der Waals surface area contributed by atoms with E-state index in [-0.39, 0.29) is 17.4 Å². The Morgan fingerprint density at radius 1 is 1.62 bits per heavy atom. The van der Waals surface area contributed by atoms with Crippen molar-refractivity contribution in [1.29, 1.82) is 0 Å². The number of ether oxygens (including phenoxy) is 1. The third-order valence-electron chi connectivity index (χ3n) is 2.12. The van der Waals surface area contributed by atoms with Gasteiger partial charge in [-0.25, -0.2) is 0 Å². The second-order valence-electron chi connectivity index (χ2n) is 4.16. The molecule has 0 aromatic rings. The van der Waals surface area contributed by atoms with Gasteiger partial charge in [0.1, 0.15) is 0 Å². The Kier molecular flexibility index (Phi) is 3.27. The van der Waals surface area contributed by atoms with E-state index in [0.29, 0.717) is 6.61 Å². The molecular weight excluding hydrogens is 168 g/mol. The van der Waals surface area contributed by atoms with Gasteiger partial charge in [-0.15, -0.1) is 0 Å². The SMILES string of the molecule is COCC(C)(C)NC(=O)C1CNC1. The minimum atomic E-state index is -0.262. The fourth-order valence-electron chi connectivity index (χ4n) is 1.31. The normalized spacial score (nSPS) is 18.1. The van der Waals surface area contributed by atoms with Crippen molar-refractivity contribution in [1.82, 2.24) is 10.6 Å². The molecule has 1 rings (SSSR count). The van der Waals surface area contributed by atoms with E-state index < -0.39 is 0 Å². The van der Waals surface area contributed by atoms with Crippen molar-refractivity contribution in [2.75, 3.05) is 26.8 Å². The molecule has 0 bridgehead atoms. The summed E-state index contributed by atoms with van der Waals surface area (Å²) in [5, 5.41) is 6.02. The molecule has 0 spiro atoms. The Balaban J connectivity index is 2.32. The fraction of sp³-hybridized carbons (Fsp3) is 0.889. The highest BCUT2D eigenvalue weighted by atomic mass is 16.5. The number of hydrogen-bond acceptors (Lipinski definition) is 3. The average Bonchev–Trinajstić information content (AvgIpc) is 1.79. The molecule has 1 amide bonds. The summed E-state index contributed by atoms with van der Waals surface area (Å²) in [6.45, 7) is 6.06. The lowest BCUT2D eigenvalue weighted by Gasteiger charge is -2.31. The third-order valence-corrected chi connectivity index (χ3v) is 2.12. The van der Waals surface area contributed by atoms with Gasteiger partial charge in [0.05, 0.1) is 18.1 Å². The molecule has 0 aliphatic carbocycles. The summed E-state index contributed by atoms with van der Waals surface area (Å²) in [7, 11) is 1.64. The number of amides is 1. The first-order valence-corrected chi connectivity index (χ1v) is 4.57. The van der Waals surface area contributed by atoms with Crippen LogP contribution in [0, 0.1) is 5.92 Å². The standard InChI is InChI=1S/C9H18N2O2/c1-9(2,6-13-3)11-8(12)7-4-10-5-7/h7,10H,4-6H2,1-3H3,(H,11,12). The molecule has 76 valence electrons. The smallest absolute Gasteiger partial charge is 0.226 e. The quantitative estimate of drug-likeness (QED) is 0.636. The maximum atomic E-state index is 11.5. The topological polar surface area (TPSA) is 50.4 Å². The van der Waals surface area contributed by atoms with Gasteiger partial charge in [-0.3, -0.25) is 4.79 Å². The Bertz CT molecular complexity index is 188. The van der Waals surface area contributed by atoms with E-state index in [1.165, 1.54) is 0 Å². The zero-order valence-corrected chi connectivity index (χ0v) is 8.52. The molecule has 0 radical (unpaired) electrons. The predicted molar refractivity (Wildman–Crippen MR) is 50.5 cm³/mol. The van der Waals surface area contributed by atoms with E-state index in [1.54, 1.807) is 7.11 Å². The Hall–Kier alpha value is -0.610. The predicted octanol–water partition coefficient (Wildman–Crippen LogP) is -0.253. The van der Waals surface area contributed by atoms with Crippen LogP contribution in [0.25, 0.3) is 0 Å². The van der Waals surface area contributed by atoms with E-state index in [4.69, 9.17) is 4.74 Å². The van der Waals surface area contributed by atoms with Crippen molar-refractivity contribution in [3.05, 3.63) is 0 Å². The fourth-order valence-corrected chi connectivity index (χ4v) is 1.31. The molecule has 4 heteroatoms. The molecule has 1 heterocycles. The molecule has 1 fully saturated rings. The molecule has 0 saturated carbocycles. The largest absolute Gasteiger partial charge is 0.382 e. The van der Waals surface area contributed by atoms with Crippen molar-refractivity contribution in [3.8, 4) is 0 Å². The van der Waals surface area contributed by atoms with Gasteiger partial charge in [0.2, 0.25) is 5.91 Å². The van der Waals surface area contributed by atoms with Crippen LogP contribution in [0.4, 0.5) is 0 Å². The summed E-state index contributed by atoms with van der Waals surface area (Å²) < 4.78 is 5.01. The molecule has 0 atom stereocenters. The van der Waals surface area contributed by atoms with Crippen molar-refractivity contribution in [2.24, 2.45) is 5.92 Å². The number of methoxy groups -OCH3 is 1. The van der Waals surface area contributed by atoms with Crippen molar-refractivity contribution in [2.45, 2.75) is 19.4 Å². The van der Waals surface area contributed by atoms with Crippen LogP contribution in [0.1, 0.15) is 13.8 Å². The average molecular weight is 186 g/mol. The highest BCUT2D eigenvalue weighted by Gasteiger charge is 2.29. The van der Waals surface area contributed by atoms with Crippen molar-refractivity contribution < 1.29 is 9.53 Å². The van der Waals surface area contributed by atoms with E-state index in [2.05, 4.69) is 10.6 Å². The number of rotatable bonds is 4. The van der Waals surface area contributed by atoms with Crippen LogP contribution in [0.3, 0.4) is 0 Å². The molecule has 4 nitrogen and oxygen atoms in total. The summed E-state index contributed by atoms with van der Waals surface area (Å²) >= 11 is 0. The van der Waals surface area contributed by atoms with E-state index in [0.717, 1.165) is 13.1 Å². The minimum Gasteiger partial charge on any atom is -0.382 e. The summed E-state index contributed by atoms with van der Waals surface area (Å²) in [6.07, 6.45) is 0. The van der Waals surface area contributed by atoms with Gasteiger partial charge in [-0.2, -0.15) is 0 Å². The monoisotopic (exact) mass is 186 g/mol. The van der Waals surface area contributed by atoms with Crippen molar-refractivity contribution >= 4 is 5.91 Å². The zero-order chi connectivity index (χ0) is 9.90. The van der Waals surface area contributed by atoms with Gasteiger partial charge in [0.25, 0.3) is 0 Å². The summed E-state index contributed by atoms with van der Waals surface area (Å²) in [4.78, 5) is 11.5. The van der Waals surface area contributed by atoms with Crippen LogP contribution in [0.2, 0.25) is 0 Å². The zero-order valence-electron chi connectivity index (χ0n) is 8.52. The van der Waals surface area contributed by atoms with E-state index in [1.807, 2.05) is 13.8 Å². The van der Waals surface area contributed by atoms with Crippen LogP contribution < -0.4 is 10.6 Å². The Morgan fingerprint density at radius 3 is 2.62 bits per heavy atom. The van der Waals surface area contributed by atoms with Crippen LogP contribution in [-0.2, 0) is 9.53 Å². The van der Waals surface area contributed by atoms with E-state index in [9.17, 15) is 4.79 Å². The van der Waals surface area contributed by atoms with Crippen LogP contribution in [0.5, 0.6) is 0 Å². The first kappa shape index (κ1) is 10.5. The summed E-state index contributed by atoms with van der Waals surface area (Å²) in [6, 6.07) is 0. The molecule has 2 N–H and O–H groups in total. The first-order valence-electron chi connectivity index (χ1n) is 4.57. The molecule has 0 unspecified atom stereocenters. The lowest BCUT2D eigenvalue weighted by atomic mass is 9.99. The van der Waals surface area contributed by atoms with Crippen LogP contribution >= 0.6 is 0 Å².